The Balaban J connectivity index is 1.98. The van der Waals surface area contributed by atoms with Crippen molar-refractivity contribution in [3.63, 3.8) is 0 Å². The molecule has 3 amide bonds. The normalized spacial score (nSPS) is 10.4. The van der Waals surface area contributed by atoms with E-state index in [1.165, 1.54) is 12.0 Å². The standard InChI is InChI=1S/C16H19ClN4O4/c1-11-8-14(20-25-11)19-15(22)10-21(6-7-24-2)16(23)18-13-5-3-4-12(17)9-13/h3-5,8-9H,6-7,10H2,1-2H3,(H,18,23)(H,19,20,22). The van der Waals surface area contributed by atoms with Gasteiger partial charge in [-0.25, -0.2) is 4.79 Å². The molecule has 8 nitrogen and oxygen atoms in total. The van der Waals surface area contributed by atoms with Gasteiger partial charge in [-0.05, 0) is 25.1 Å². The summed E-state index contributed by atoms with van der Waals surface area (Å²) in [6, 6.07) is 7.89. The third-order valence-corrected chi connectivity index (χ3v) is 3.39. The second-order valence-electron chi connectivity index (χ2n) is 5.23. The molecule has 0 aliphatic heterocycles. The Kier molecular flexibility index (Phi) is 6.79. The molecule has 2 N–H and O–H groups in total. The predicted octanol–water partition coefficient (Wildman–Crippen LogP) is 2.76. The lowest BCUT2D eigenvalue weighted by Gasteiger charge is -2.22. The summed E-state index contributed by atoms with van der Waals surface area (Å²) in [4.78, 5) is 25.9. The van der Waals surface area contributed by atoms with Gasteiger partial charge in [-0.2, -0.15) is 0 Å². The molecule has 9 heteroatoms. The largest absolute Gasteiger partial charge is 0.383 e. The van der Waals surface area contributed by atoms with E-state index >= 15 is 0 Å². The number of nitrogens with one attached hydrogen (secondary N) is 2. The molecule has 1 heterocycles. The topological polar surface area (TPSA) is 96.7 Å². The molecule has 0 saturated carbocycles. The van der Waals surface area contributed by atoms with E-state index in [1.54, 1.807) is 37.3 Å². The summed E-state index contributed by atoms with van der Waals surface area (Å²) in [5.74, 6) is 0.473. The average molecular weight is 367 g/mol. The van der Waals surface area contributed by atoms with Gasteiger partial charge < -0.3 is 24.8 Å². The maximum absolute atomic E-state index is 12.4. The molecule has 0 aliphatic carbocycles. The van der Waals surface area contributed by atoms with E-state index in [-0.39, 0.29) is 13.1 Å². The molecule has 1 aromatic carbocycles. The fourth-order valence-electron chi connectivity index (χ4n) is 2.00. The number of hydrogen-bond donors (Lipinski definition) is 2. The summed E-state index contributed by atoms with van der Waals surface area (Å²) < 4.78 is 9.88. The number of amides is 3. The lowest BCUT2D eigenvalue weighted by molar-refractivity contribution is -0.116. The smallest absolute Gasteiger partial charge is 0.322 e. The monoisotopic (exact) mass is 366 g/mol. The Morgan fingerprint density at radius 2 is 2.12 bits per heavy atom. The highest BCUT2D eigenvalue weighted by Crippen LogP contribution is 2.15. The number of hydrogen-bond acceptors (Lipinski definition) is 5. The van der Waals surface area contributed by atoms with Crippen molar-refractivity contribution in [3.8, 4) is 0 Å². The highest BCUT2D eigenvalue weighted by molar-refractivity contribution is 6.30. The first kappa shape index (κ1) is 18.8. The number of nitrogens with zero attached hydrogens (tertiary/aromatic N) is 2. The zero-order chi connectivity index (χ0) is 18.2. The van der Waals surface area contributed by atoms with Crippen LogP contribution in [-0.2, 0) is 9.53 Å². The van der Waals surface area contributed by atoms with Gasteiger partial charge in [0.15, 0.2) is 5.82 Å². The summed E-state index contributed by atoms with van der Waals surface area (Å²) in [5, 5.41) is 9.45. The van der Waals surface area contributed by atoms with Crippen LogP contribution < -0.4 is 10.6 Å². The molecule has 2 aromatic rings. The van der Waals surface area contributed by atoms with E-state index in [0.29, 0.717) is 28.9 Å². The Labute approximate surface area is 150 Å². The van der Waals surface area contributed by atoms with Crippen molar-refractivity contribution in [1.82, 2.24) is 10.1 Å². The van der Waals surface area contributed by atoms with Crippen LogP contribution in [0.4, 0.5) is 16.3 Å². The maximum Gasteiger partial charge on any atom is 0.322 e. The van der Waals surface area contributed by atoms with Crippen molar-refractivity contribution < 1.29 is 18.8 Å². The number of halogens is 1. The van der Waals surface area contributed by atoms with E-state index < -0.39 is 11.9 Å². The predicted molar refractivity (Wildman–Crippen MR) is 93.8 cm³/mol. The lowest BCUT2D eigenvalue weighted by atomic mass is 10.3. The molecule has 1 aromatic heterocycles. The van der Waals surface area contributed by atoms with Crippen LogP contribution in [0.3, 0.4) is 0 Å². The van der Waals surface area contributed by atoms with Crippen LogP contribution in [0.25, 0.3) is 0 Å². The van der Waals surface area contributed by atoms with Gasteiger partial charge in [0.05, 0.1) is 6.61 Å². The molecule has 0 saturated heterocycles. The number of anilines is 2. The summed E-state index contributed by atoms with van der Waals surface area (Å²) in [5.41, 5.74) is 0.535. The maximum atomic E-state index is 12.4. The summed E-state index contributed by atoms with van der Waals surface area (Å²) in [6.45, 7) is 2.08. The average Bonchev–Trinajstić information content (AvgIpc) is 2.96. The quantitative estimate of drug-likeness (QED) is 0.785. The van der Waals surface area contributed by atoms with Crippen LogP contribution >= 0.6 is 11.6 Å². The number of rotatable bonds is 7. The highest BCUT2D eigenvalue weighted by Gasteiger charge is 2.18. The first-order chi connectivity index (χ1) is 12.0. The first-order valence-corrected chi connectivity index (χ1v) is 7.89. The van der Waals surface area contributed by atoms with Crippen LogP contribution in [0.1, 0.15) is 5.76 Å². The second kappa shape index (κ2) is 9.05. The molecule has 0 radical (unpaired) electrons. The summed E-state index contributed by atoms with van der Waals surface area (Å²) in [6.07, 6.45) is 0. The zero-order valence-electron chi connectivity index (χ0n) is 13.9. The third-order valence-electron chi connectivity index (χ3n) is 3.16. The van der Waals surface area contributed by atoms with Crippen LogP contribution in [0.5, 0.6) is 0 Å². The van der Waals surface area contributed by atoms with Crippen molar-refractivity contribution >= 4 is 35.0 Å². The molecular formula is C16H19ClN4O4. The van der Waals surface area contributed by atoms with E-state index in [1.807, 2.05) is 0 Å². The van der Waals surface area contributed by atoms with Gasteiger partial charge in [0.1, 0.15) is 12.3 Å². The number of aromatic nitrogens is 1. The molecular weight excluding hydrogens is 348 g/mol. The van der Waals surface area contributed by atoms with Gasteiger partial charge >= 0.3 is 6.03 Å². The van der Waals surface area contributed by atoms with Gasteiger partial charge in [0.25, 0.3) is 0 Å². The number of carbonyl (C=O) groups is 2. The minimum Gasteiger partial charge on any atom is -0.383 e. The highest BCUT2D eigenvalue weighted by atomic mass is 35.5. The molecule has 2 rings (SSSR count). The third kappa shape index (κ3) is 6.09. The lowest BCUT2D eigenvalue weighted by Crippen LogP contribution is -2.42. The van der Waals surface area contributed by atoms with E-state index in [0.717, 1.165) is 0 Å². The van der Waals surface area contributed by atoms with Gasteiger partial charge in [-0.15, -0.1) is 0 Å². The Morgan fingerprint density at radius 3 is 2.76 bits per heavy atom. The van der Waals surface area contributed by atoms with Crippen molar-refractivity contribution in [1.29, 1.82) is 0 Å². The SMILES string of the molecule is COCCN(CC(=O)Nc1cc(C)on1)C(=O)Nc1cccc(Cl)c1. The van der Waals surface area contributed by atoms with Gasteiger partial charge in [0.2, 0.25) is 5.91 Å². The molecule has 0 fully saturated rings. The summed E-state index contributed by atoms with van der Waals surface area (Å²) in [7, 11) is 1.52. The fraction of sp³-hybridized carbons (Fsp3) is 0.312. The molecule has 0 bridgehead atoms. The number of urea groups is 1. The van der Waals surface area contributed by atoms with E-state index in [9.17, 15) is 9.59 Å². The number of carbonyl (C=O) groups excluding carboxylic acids is 2. The molecule has 134 valence electrons. The van der Waals surface area contributed by atoms with Crippen LogP contribution in [0.2, 0.25) is 5.02 Å². The molecule has 0 atom stereocenters. The number of ether oxygens (including phenoxy) is 1. The molecule has 0 unspecified atom stereocenters. The van der Waals surface area contributed by atoms with Crippen molar-refractivity contribution in [3.05, 3.63) is 41.1 Å². The Hall–Kier alpha value is -2.58. The first-order valence-electron chi connectivity index (χ1n) is 7.51. The zero-order valence-corrected chi connectivity index (χ0v) is 14.7. The minimum absolute atomic E-state index is 0.165. The molecule has 25 heavy (non-hydrogen) atoms. The molecule has 0 aliphatic rings. The minimum atomic E-state index is -0.439. The van der Waals surface area contributed by atoms with Crippen molar-refractivity contribution in [2.45, 2.75) is 6.92 Å². The van der Waals surface area contributed by atoms with Crippen molar-refractivity contribution in [2.24, 2.45) is 0 Å². The van der Waals surface area contributed by atoms with Gasteiger partial charge in [0, 0.05) is 30.4 Å². The van der Waals surface area contributed by atoms with Crippen LogP contribution in [0, 0.1) is 6.92 Å². The van der Waals surface area contributed by atoms with Gasteiger partial charge in [-0.1, -0.05) is 22.8 Å². The van der Waals surface area contributed by atoms with Crippen molar-refractivity contribution in [2.75, 3.05) is 37.4 Å². The fourth-order valence-corrected chi connectivity index (χ4v) is 2.19. The van der Waals surface area contributed by atoms with Crippen LogP contribution in [0.15, 0.2) is 34.9 Å². The van der Waals surface area contributed by atoms with Crippen LogP contribution in [-0.4, -0.2) is 48.8 Å². The number of methoxy groups -OCH3 is 1. The Morgan fingerprint density at radius 1 is 1.32 bits per heavy atom. The van der Waals surface area contributed by atoms with E-state index in [2.05, 4.69) is 15.8 Å². The number of aryl methyl sites for hydroxylation is 1. The Bertz CT molecular complexity index is 734. The summed E-state index contributed by atoms with van der Waals surface area (Å²) >= 11 is 5.90. The van der Waals surface area contributed by atoms with Gasteiger partial charge in [-0.3, -0.25) is 4.79 Å². The van der Waals surface area contributed by atoms with E-state index in [4.69, 9.17) is 20.9 Å². The second-order valence-corrected chi connectivity index (χ2v) is 5.66. The molecule has 0 spiro atoms. The number of benzene rings is 1.